The van der Waals surface area contributed by atoms with Crippen LogP contribution in [0.25, 0.3) is 16.8 Å². The fraction of sp³-hybridized carbons (Fsp3) is 0.0714. The number of hydrogen-bond acceptors (Lipinski definition) is 4. The average molecular weight is 737 g/mol. The number of nitrogens with one attached hydrogen (secondary N) is 1. The van der Waals surface area contributed by atoms with E-state index in [2.05, 4.69) is 85.8 Å². The number of ether oxygens (including phenoxy) is 1. The maximum absolute atomic E-state index is 12.6. The summed E-state index contributed by atoms with van der Waals surface area (Å²) in [6, 6.07) is 24.2. The van der Waals surface area contributed by atoms with Gasteiger partial charge in [-0.1, -0.05) is 60.1 Å². The minimum absolute atomic E-state index is 0.167. The molecule has 0 radical (unpaired) electrons. The lowest BCUT2D eigenvalue weighted by Crippen LogP contribution is -2.19. The highest BCUT2D eigenvalue weighted by Gasteiger charge is 2.24. The largest absolute Gasteiger partial charge is 0.487 e. The van der Waals surface area contributed by atoms with Crippen molar-refractivity contribution in [2.45, 2.75) is 13.5 Å². The molecule has 1 N–H and O–H groups in total. The lowest BCUT2D eigenvalue weighted by Gasteiger charge is -2.13. The van der Waals surface area contributed by atoms with Crippen molar-refractivity contribution in [1.82, 2.24) is 5.32 Å². The van der Waals surface area contributed by atoms with E-state index in [1.54, 1.807) is 0 Å². The van der Waals surface area contributed by atoms with E-state index in [-0.39, 0.29) is 5.91 Å². The van der Waals surface area contributed by atoms with Crippen LogP contribution < -0.4 is 10.1 Å². The topological polar surface area (TPSA) is 50.7 Å². The fourth-order valence-corrected chi connectivity index (χ4v) is 6.96. The van der Waals surface area contributed by atoms with Gasteiger partial charge in [0.05, 0.1) is 17.7 Å². The number of benzene rings is 4. The van der Waals surface area contributed by atoms with Crippen molar-refractivity contribution < 1.29 is 9.53 Å². The van der Waals surface area contributed by atoms with E-state index in [0.29, 0.717) is 21.7 Å². The number of nitrogens with zero attached hydrogens (tertiary/aromatic N) is 1. The highest BCUT2D eigenvalue weighted by Crippen LogP contribution is 2.34. The first-order valence-corrected chi connectivity index (χ1v) is 14.4. The minimum atomic E-state index is -0.167. The number of amides is 1. The van der Waals surface area contributed by atoms with E-state index in [9.17, 15) is 4.79 Å². The summed E-state index contributed by atoms with van der Waals surface area (Å²) in [6.07, 6.45) is 1.88. The maximum atomic E-state index is 12.6. The first kappa shape index (κ1) is 25.6. The first-order valence-electron chi connectivity index (χ1n) is 11.0. The van der Waals surface area contributed by atoms with Crippen molar-refractivity contribution in [2.75, 3.05) is 0 Å². The minimum Gasteiger partial charge on any atom is -0.487 e. The van der Waals surface area contributed by atoms with E-state index < -0.39 is 0 Å². The summed E-state index contributed by atoms with van der Waals surface area (Å²) in [5.74, 6) is 0.674. The molecular formula is C28H19ClI2N2O2S. The Morgan fingerprint density at radius 3 is 2.56 bits per heavy atom. The van der Waals surface area contributed by atoms with Crippen LogP contribution in [0.1, 0.15) is 16.7 Å². The van der Waals surface area contributed by atoms with Crippen LogP contribution in [0.2, 0.25) is 5.02 Å². The predicted octanol–water partition coefficient (Wildman–Crippen LogP) is 8.48. The van der Waals surface area contributed by atoms with Gasteiger partial charge in [0.1, 0.15) is 12.4 Å². The monoisotopic (exact) mass is 736 g/mol. The maximum Gasteiger partial charge on any atom is 0.264 e. The number of thioether (sulfide) groups is 1. The molecule has 1 amide bonds. The summed E-state index contributed by atoms with van der Waals surface area (Å²) in [5.41, 5.74) is 3.69. The molecule has 0 saturated carbocycles. The zero-order chi connectivity index (χ0) is 25.2. The number of rotatable bonds is 5. The van der Waals surface area contributed by atoms with Crippen molar-refractivity contribution in [1.29, 1.82) is 0 Å². The smallest absolute Gasteiger partial charge is 0.264 e. The summed E-state index contributed by atoms with van der Waals surface area (Å²) in [7, 11) is 0. The summed E-state index contributed by atoms with van der Waals surface area (Å²) in [4.78, 5) is 17.8. The van der Waals surface area contributed by atoms with Crippen LogP contribution >= 0.6 is 68.5 Å². The number of halogens is 3. The van der Waals surface area contributed by atoms with E-state index in [0.717, 1.165) is 35.3 Å². The van der Waals surface area contributed by atoms with Crippen molar-refractivity contribution in [2.24, 2.45) is 4.99 Å². The molecule has 1 saturated heterocycles. The molecule has 0 unspecified atom stereocenters. The molecule has 0 aliphatic carbocycles. The van der Waals surface area contributed by atoms with E-state index in [1.807, 2.05) is 55.5 Å². The molecule has 0 aromatic heterocycles. The zero-order valence-electron chi connectivity index (χ0n) is 19.0. The van der Waals surface area contributed by atoms with Gasteiger partial charge < -0.3 is 10.1 Å². The molecule has 8 heteroatoms. The second-order valence-corrected chi connectivity index (χ2v) is 11.9. The highest BCUT2D eigenvalue weighted by molar-refractivity contribution is 14.1. The second kappa shape index (κ2) is 11.1. The van der Waals surface area contributed by atoms with Crippen molar-refractivity contribution in [3.63, 3.8) is 0 Å². The van der Waals surface area contributed by atoms with Crippen molar-refractivity contribution in [3.8, 4) is 5.75 Å². The van der Waals surface area contributed by atoms with E-state index in [1.165, 1.54) is 22.5 Å². The SMILES string of the molecule is Cc1c(Cl)cccc1N=C1NC(=O)/C(=C/c2cc(I)c(OCc3cccc4ccccc34)c(I)c2)S1. The van der Waals surface area contributed by atoms with Crippen molar-refractivity contribution >= 4 is 102 Å². The molecule has 0 spiro atoms. The summed E-state index contributed by atoms with van der Waals surface area (Å²) < 4.78 is 8.23. The molecule has 4 nitrogen and oxygen atoms in total. The number of fused-ring (bicyclic) bond motifs is 1. The second-order valence-electron chi connectivity index (χ2n) is 8.11. The molecule has 4 aromatic rings. The van der Waals surface area contributed by atoms with Crippen LogP contribution in [0.5, 0.6) is 5.75 Å². The normalized spacial score (nSPS) is 15.6. The first-order chi connectivity index (χ1) is 17.4. The van der Waals surface area contributed by atoms with Crippen LogP contribution in [0.4, 0.5) is 5.69 Å². The van der Waals surface area contributed by atoms with Gasteiger partial charge in [-0.15, -0.1) is 0 Å². The van der Waals surface area contributed by atoms with Gasteiger partial charge in [0.2, 0.25) is 0 Å². The third-order valence-corrected chi connectivity index (χ3v) is 8.60. The van der Waals surface area contributed by atoms with Crippen LogP contribution in [0, 0.1) is 14.1 Å². The van der Waals surface area contributed by atoms with Gasteiger partial charge in [0.25, 0.3) is 5.91 Å². The summed E-state index contributed by atoms with van der Waals surface area (Å²) in [6.45, 7) is 2.39. The number of carbonyl (C=O) groups is 1. The standard InChI is InChI=1S/C28H19ClI2N2O2S/c1-16-21(29)10-5-11-24(16)32-28-33-27(34)25(36-28)14-17-12-22(30)26(23(31)13-17)35-15-19-8-4-7-18-6-2-3-9-20(18)19/h2-14H,15H2,1H3,(H,32,33,34)/b25-14-. The van der Waals surface area contributed by atoms with Gasteiger partial charge in [0.15, 0.2) is 5.17 Å². The van der Waals surface area contributed by atoms with Gasteiger partial charge in [-0.25, -0.2) is 4.99 Å². The number of carbonyl (C=O) groups excluding carboxylic acids is 1. The molecule has 36 heavy (non-hydrogen) atoms. The molecule has 0 bridgehead atoms. The fourth-order valence-electron chi connectivity index (χ4n) is 3.83. The molecular weight excluding hydrogens is 718 g/mol. The average Bonchev–Trinajstić information content (AvgIpc) is 3.20. The molecule has 1 aliphatic heterocycles. The lowest BCUT2D eigenvalue weighted by molar-refractivity contribution is -0.115. The molecule has 4 aromatic carbocycles. The Morgan fingerprint density at radius 2 is 1.75 bits per heavy atom. The van der Waals surface area contributed by atoms with Gasteiger partial charge in [-0.05, 0) is 122 Å². The molecule has 1 heterocycles. The Labute approximate surface area is 245 Å². The van der Waals surface area contributed by atoms with E-state index >= 15 is 0 Å². The number of aliphatic imine (C=N–C) groups is 1. The number of hydrogen-bond donors (Lipinski definition) is 1. The van der Waals surface area contributed by atoms with Gasteiger partial charge >= 0.3 is 0 Å². The van der Waals surface area contributed by atoms with Gasteiger partial charge in [-0.2, -0.15) is 0 Å². The van der Waals surface area contributed by atoms with Crippen LogP contribution in [0.15, 0.2) is 82.7 Å². The summed E-state index contributed by atoms with van der Waals surface area (Å²) in [5, 5.41) is 6.43. The Bertz CT molecular complexity index is 1540. The Kier molecular flexibility index (Phi) is 7.90. The van der Waals surface area contributed by atoms with Crippen LogP contribution in [-0.4, -0.2) is 11.1 Å². The quantitative estimate of drug-likeness (QED) is 0.165. The molecule has 180 valence electrons. The third-order valence-electron chi connectivity index (χ3n) is 5.68. The summed E-state index contributed by atoms with van der Waals surface area (Å²) >= 11 is 12.1. The van der Waals surface area contributed by atoms with Crippen LogP contribution in [0.3, 0.4) is 0 Å². The molecule has 1 aliphatic rings. The third kappa shape index (κ3) is 5.58. The van der Waals surface area contributed by atoms with Gasteiger partial charge in [-0.3, -0.25) is 4.79 Å². The Balaban J connectivity index is 1.35. The van der Waals surface area contributed by atoms with Crippen molar-refractivity contribution in [3.05, 3.63) is 107 Å². The zero-order valence-corrected chi connectivity index (χ0v) is 24.9. The van der Waals surface area contributed by atoms with Crippen LogP contribution in [-0.2, 0) is 11.4 Å². The highest BCUT2D eigenvalue weighted by atomic mass is 127. The Hall–Kier alpha value is -2.08. The van der Waals surface area contributed by atoms with Gasteiger partial charge in [0, 0.05) is 5.02 Å². The molecule has 0 atom stereocenters. The molecule has 5 rings (SSSR count). The molecule has 1 fully saturated rings. The Morgan fingerprint density at radius 1 is 1.03 bits per heavy atom. The predicted molar refractivity (Wildman–Crippen MR) is 167 cm³/mol. The number of amidine groups is 1. The van der Waals surface area contributed by atoms with E-state index in [4.69, 9.17) is 16.3 Å². The lowest BCUT2D eigenvalue weighted by atomic mass is 10.1.